The van der Waals surface area contributed by atoms with Gasteiger partial charge in [-0.05, 0) is 29.3 Å². The van der Waals surface area contributed by atoms with Crippen molar-refractivity contribution in [3.63, 3.8) is 0 Å². The molecule has 1 heterocycles. The van der Waals surface area contributed by atoms with Gasteiger partial charge in [-0.25, -0.2) is 0 Å². The Morgan fingerprint density at radius 3 is 2.36 bits per heavy atom. The van der Waals surface area contributed by atoms with Gasteiger partial charge >= 0.3 is 0 Å². The Bertz CT molecular complexity index is 392. The van der Waals surface area contributed by atoms with E-state index in [4.69, 9.17) is 0 Å². The topological polar surface area (TPSA) is 24.9 Å². The minimum atomic E-state index is 1.12. The predicted molar refractivity (Wildman–Crippen MR) is 59.2 cm³/mol. The average molecular weight is 184 g/mol. The van der Waals surface area contributed by atoms with Crippen LogP contribution in [0.15, 0.2) is 48.8 Å². The lowest BCUT2D eigenvalue weighted by Crippen LogP contribution is -1.86. The number of anilines is 1. The summed E-state index contributed by atoms with van der Waals surface area (Å²) in [5.74, 6) is 0. The van der Waals surface area contributed by atoms with Crippen LogP contribution in [0.2, 0.25) is 0 Å². The zero-order chi connectivity index (χ0) is 9.80. The molecule has 2 nitrogen and oxygen atoms in total. The second kappa shape index (κ2) is 3.92. The van der Waals surface area contributed by atoms with Crippen molar-refractivity contribution in [1.82, 2.24) is 4.98 Å². The molecule has 1 N–H and O–H groups in total. The summed E-state index contributed by atoms with van der Waals surface area (Å²) >= 11 is 0. The maximum Gasteiger partial charge on any atom is 0.0346 e. The van der Waals surface area contributed by atoms with Crippen LogP contribution in [0, 0.1) is 0 Å². The smallest absolute Gasteiger partial charge is 0.0346 e. The molecule has 0 aliphatic carbocycles. The fraction of sp³-hybridized carbons (Fsp3) is 0.0833. The highest BCUT2D eigenvalue weighted by Crippen LogP contribution is 2.19. The summed E-state index contributed by atoms with van der Waals surface area (Å²) in [6.45, 7) is 0. The van der Waals surface area contributed by atoms with Gasteiger partial charge in [0.25, 0.3) is 0 Å². The van der Waals surface area contributed by atoms with Crippen molar-refractivity contribution in [3.8, 4) is 11.1 Å². The first-order chi connectivity index (χ1) is 6.90. The molecule has 0 radical (unpaired) electrons. The molecule has 70 valence electrons. The van der Waals surface area contributed by atoms with Crippen LogP contribution in [-0.2, 0) is 0 Å². The molecule has 0 atom stereocenters. The molecule has 0 aliphatic rings. The quantitative estimate of drug-likeness (QED) is 0.776. The Balaban J connectivity index is 2.34. The highest BCUT2D eigenvalue weighted by molar-refractivity contribution is 5.64. The first kappa shape index (κ1) is 8.75. The molecular formula is C12H12N2. The van der Waals surface area contributed by atoms with Gasteiger partial charge in [0, 0.05) is 25.1 Å². The molecule has 0 bridgehead atoms. The van der Waals surface area contributed by atoms with Crippen LogP contribution >= 0.6 is 0 Å². The standard InChI is InChI=1S/C12H12N2/c1-13-12-6-4-10(5-7-12)11-3-2-8-14-9-11/h2-9,13H,1H3. The van der Waals surface area contributed by atoms with Gasteiger partial charge in [0.15, 0.2) is 0 Å². The van der Waals surface area contributed by atoms with E-state index in [0.29, 0.717) is 0 Å². The zero-order valence-electron chi connectivity index (χ0n) is 8.07. The van der Waals surface area contributed by atoms with Crippen LogP contribution in [0.5, 0.6) is 0 Å². The Morgan fingerprint density at radius 2 is 1.79 bits per heavy atom. The van der Waals surface area contributed by atoms with Crippen molar-refractivity contribution in [3.05, 3.63) is 48.8 Å². The third-order valence-electron chi connectivity index (χ3n) is 2.17. The summed E-state index contributed by atoms with van der Waals surface area (Å²) < 4.78 is 0. The van der Waals surface area contributed by atoms with E-state index in [0.717, 1.165) is 11.3 Å². The Labute approximate surface area is 83.6 Å². The number of pyridine rings is 1. The fourth-order valence-electron chi connectivity index (χ4n) is 1.36. The summed E-state index contributed by atoms with van der Waals surface area (Å²) in [4.78, 5) is 4.09. The van der Waals surface area contributed by atoms with Crippen LogP contribution in [0.3, 0.4) is 0 Å². The molecule has 0 saturated carbocycles. The second-order valence-electron chi connectivity index (χ2n) is 3.07. The van der Waals surface area contributed by atoms with E-state index in [1.165, 1.54) is 5.56 Å². The lowest BCUT2D eigenvalue weighted by molar-refractivity contribution is 1.33. The summed E-state index contributed by atoms with van der Waals surface area (Å²) in [5, 5.41) is 3.09. The molecule has 2 rings (SSSR count). The number of nitrogens with one attached hydrogen (secondary N) is 1. The van der Waals surface area contributed by atoms with E-state index >= 15 is 0 Å². The van der Waals surface area contributed by atoms with Crippen molar-refractivity contribution >= 4 is 5.69 Å². The SMILES string of the molecule is CNc1ccc(-c2cccnc2)cc1. The van der Waals surface area contributed by atoms with Crippen LogP contribution in [0.25, 0.3) is 11.1 Å². The van der Waals surface area contributed by atoms with E-state index < -0.39 is 0 Å². The van der Waals surface area contributed by atoms with Gasteiger partial charge in [0.2, 0.25) is 0 Å². The molecule has 14 heavy (non-hydrogen) atoms. The molecule has 0 fully saturated rings. The predicted octanol–water partition coefficient (Wildman–Crippen LogP) is 2.79. The monoisotopic (exact) mass is 184 g/mol. The highest BCUT2D eigenvalue weighted by Gasteiger charge is 1.95. The Morgan fingerprint density at radius 1 is 1.00 bits per heavy atom. The number of rotatable bonds is 2. The third-order valence-corrected chi connectivity index (χ3v) is 2.17. The van der Waals surface area contributed by atoms with Gasteiger partial charge in [0.05, 0.1) is 0 Å². The third kappa shape index (κ3) is 1.74. The molecule has 1 aromatic carbocycles. The van der Waals surface area contributed by atoms with Crippen LogP contribution in [-0.4, -0.2) is 12.0 Å². The molecule has 0 aliphatic heterocycles. The minimum absolute atomic E-state index is 1.12. The van der Waals surface area contributed by atoms with Crippen molar-refractivity contribution in [2.75, 3.05) is 12.4 Å². The van der Waals surface area contributed by atoms with Gasteiger partial charge < -0.3 is 5.32 Å². The van der Waals surface area contributed by atoms with E-state index in [9.17, 15) is 0 Å². The number of hydrogen-bond donors (Lipinski definition) is 1. The molecule has 0 spiro atoms. The highest BCUT2D eigenvalue weighted by atomic mass is 14.8. The van der Waals surface area contributed by atoms with Gasteiger partial charge in [-0.2, -0.15) is 0 Å². The zero-order valence-corrected chi connectivity index (χ0v) is 8.07. The molecule has 2 heteroatoms. The lowest BCUT2D eigenvalue weighted by atomic mass is 10.1. The lowest BCUT2D eigenvalue weighted by Gasteiger charge is -2.02. The maximum atomic E-state index is 4.09. The van der Waals surface area contributed by atoms with Gasteiger partial charge in [-0.3, -0.25) is 4.98 Å². The number of hydrogen-bond acceptors (Lipinski definition) is 2. The first-order valence-corrected chi connectivity index (χ1v) is 4.58. The van der Waals surface area contributed by atoms with Crippen LogP contribution in [0.4, 0.5) is 5.69 Å². The molecule has 0 unspecified atom stereocenters. The second-order valence-corrected chi connectivity index (χ2v) is 3.07. The minimum Gasteiger partial charge on any atom is -0.388 e. The normalized spacial score (nSPS) is 9.79. The van der Waals surface area contributed by atoms with Crippen molar-refractivity contribution < 1.29 is 0 Å². The molecule has 0 saturated heterocycles. The molecule has 1 aromatic heterocycles. The summed E-state index contributed by atoms with van der Waals surface area (Å²) in [6, 6.07) is 12.3. The van der Waals surface area contributed by atoms with Crippen molar-refractivity contribution in [1.29, 1.82) is 0 Å². The number of nitrogens with zero attached hydrogens (tertiary/aromatic N) is 1. The molecule has 0 amide bonds. The van der Waals surface area contributed by atoms with E-state index in [2.05, 4.69) is 40.6 Å². The summed E-state index contributed by atoms with van der Waals surface area (Å²) in [6.07, 6.45) is 3.65. The Kier molecular flexibility index (Phi) is 2.45. The molecular weight excluding hydrogens is 172 g/mol. The average Bonchev–Trinajstić information content (AvgIpc) is 2.30. The van der Waals surface area contributed by atoms with Gasteiger partial charge in [0.1, 0.15) is 0 Å². The van der Waals surface area contributed by atoms with E-state index in [1.54, 1.807) is 6.20 Å². The largest absolute Gasteiger partial charge is 0.388 e. The van der Waals surface area contributed by atoms with Crippen molar-refractivity contribution in [2.24, 2.45) is 0 Å². The van der Waals surface area contributed by atoms with E-state index in [1.807, 2.05) is 19.3 Å². The van der Waals surface area contributed by atoms with Crippen molar-refractivity contribution in [2.45, 2.75) is 0 Å². The molecule has 2 aromatic rings. The van der Waals surface area contributed by atoms with Crippen LogP contribution in [0.1, 0.15) is 0 Å². The summed E-state index contributed by atoms with van der Waals surface area (Å²) in [7, 11) is 1.92. The fourth-order valence-corrected chi connectivity index (χ4v) is 1.36. The van der Waals surface area contributed by atoms with Gasteiger partial charge in [-0.15, -0.1) is 0 Å². The van der Waals surface area contributed by atoms with E-state index in [-0.39, 0.29) is 0 Å². The van der Waals surface area contributed by atoms with Gasteiger partial charge in [-0.1, -0.05) is 18.2 Å². The van der Waals surface area contributed by atoms with Crippen LogP contribution < -0.4 is 5.32 Å². The maximum absolute atomic E-state index is 4.09. The first-order valence-electron chi connectivity index (χ1n) is 4.58. The number of aromatic nitrogens is 1. The number of benzene rings is 1. The Hall–Kier alpha value is -1.83. The summed E-state index contributed by atoms with van der Waals surface area (Å²) in [5.41, 5.74) is 3.46.